The molecule has 108 valence electrons. The molecule has 3 aliphatic heterocycles. The van der Waals surface area contributed by atoms with E-state index in [1.54, 1.807) is 0 Å². The molecular weight excluding hydrogens is 318 g/mol. The average Bonchev–Trinajstić information content (AvgIpc) is 3.06. The summed E-state index contributed by atoms with van der Waals surface area (Å²) in [4.78, 5) is 7.57. The maximum Gasteiger partial charge on any atom is 0.100 e. The Labute approximate surface area is 128 Å². The Bertz CT molecular complexity index is 504. The van der Waals surface area contributed by atoms with Gasteiger partial charge in [0.25, 0.3) is 0 Å². The lowest BCUT2D eigenvalue weighted by atomic mass is 10.1. The van der Waals surface area contributed by atoms with E-state index in [-0.39, 0.29) is 0 Å². The van der Waals surface area contributed by atoms with Gasteiger partial charge in [-0.25, -0.2) is 0 Å². The second kappa shape index (κ2) is 5.30. The van der Waals surface area contributed by atoms with E-state index < -0.39 is 0 Å². The monoisotopic (exact) mass is 337 g/mol. The van der Waals surface area contributed by atoms with Crippen LogP contribution in [0.1, 0.15) is 5.56 Å². The molecule has 0 aliphatic carbocycles. The van der Waals surface area contributed by atoms with Gasteiger partial charge >= 0.3 is 0 Å². The van der Waals surface area contributed by atoms with Crippen LogP contribution >= 0.6 is 15.9 Å². The number of hydrogen-bond acceptors (Lipinski definition) is 4. The van der Waals surface area contributed by atoms with Crippen LogP contribution in [0.2, 0.25) is 0 Å². The van der Waals surface area contributed by atoms with Gasteiger partial charge in [0, 0.05) is 42.4 Å². The van der Waals surface area contributed by atoms with Crippen LogP contribution in [0.15, 0.2) is 22.7 Å². The van der Waals surface area contributed by atoms with E-state index in [0.29, 0.717) is 6.04 Å². The van der Waals surface area contributed by atoms with E-state index in [1.807, 2.05) is 0 Å². The Kier molecular flexibility index (Phi) is 3.46. The molecule has 0 bridgehead atoms. The molecule has 0 aromatic heterocycles. The van der Waals surface area contributed by atoms with Crippen LogP contribution in [0.25, 0.3) is 0 Å². The normalized spacial score (nSPS) is 26.9. The third kappa shape index (κ3) is 2.26. The highest BCUT2D eigenvalue weighted by Gasteiger charge is 2.35. The number of ether oxygens (including phenoxy) is 1. The first-order chi connectivity index (χ1) is 9.81. The quantitative estimate of drug-likeness (QED) is 0.818. The van der Waals surface area contributed by atoms with E-state index in [4.69, 9.17) is 4.74 Å². The number of hydrogen-bond donors (Lipinski definition) is 0. The molecule has 1 atom stereocenters. The van der Waals surface area contributed by atoms with Gasteiger partial charge in [0.1, 0.15) is 6.73 Å². The van der Waals surface area contributed by atoms with Crippen molar-refractivity contribution in [2.45, 2.75) is 12.5 Å². The summed E-state index contributed by atoms with van der Waals surface area (Å²) in [5.74, 6) is 0. The summed E-state index contributed by atoms with van der Waals surface area (Å²) in [6.07, 6.45) is 1.17. The summed E-state index contributed by atoms with van der Waals surface area (Å²) >= 11 is 3.70. The fourth-order valence-electron chi connectivity index (χ4n) is 3.64. The molecule has 2 saturated heterocycles. The van der Waals surface area contributed by atoms with Gasteiger partial charge in [0.05, 0.1) is 13.3 Å². The molecular formula is C15H20BrN3O. The smallest absolute Gasteiger partial charge is 0.100 e. The van der Waals surface area contributed by atoms with Gasteiger partial charge in [-0.3, -0.25) is 9.80 Å². The fraction of sp³-hybridized carbons (Fsp3) is 0.600. The minimum atomic E-state index is 0.640. The molecule has 0 spiro atoms. The van der Waals surface area contributed by atoms with E-state index in [2.05, 4.69) is 48.8 Å². The minimum absolute atomic E-state index is 0.640. The lowest BCUT2D eigenvalue weighted by Gasteiger charge is -2.40. The number of nitrogens with zero attached hydrogens (tertiary/aromatic N) is 3. The minimum Gasteiger partial charge on any atom is -0.365 e. The first-order valence-electron chi connectivity index (χ1n) is 7.38. The van der Waals surface area contributed by atoms with Gasteiger partial charge in [-0.15, -0.1) is 0 Å². The van der Waals surface area contributed by atoms with Gasteiger partial charge in [0.15, 0.2) is 0 Å². The third-order valence-corrected chi connectivity index (χ3v) is 5.38. The van der Waals surface area contributed by atoms with Crippen molar-refractivity contribution >= 4 is 21.6 Å². The van der Waals surface area contributed by atoms with E-state index in [9.17, 15) is 0 Å². The van der Waals surface area contributed by atoms with Crippen molar-refractivity contribution in [3.05, 3.63) is 28.2 Å². The summed E-state index contributed by atoms with van der Waals surface area (Å²) in [6, 6.07) is 7.22. The molecule has 0 radical (unpaired) electrons. The van der Waals surface area contributed by atoms with Crippen molar-refractivity contribution in [1.29, 1.82) is 0 Å². The van der Waals surface area contributed by atoms with Crippen molar-refractivity contribution in [2.24, 2.45) is 0 Å². The topological polar surface area (TPSA) is 19.0 Å². The molecule has 0 N–H and O–H groups in total. The Morgan fingerprint density at radius 2 is 2.15 bits per heavy atom. The van der Waals surface area contributed by atoms with Gasteiger partial charge in [-0.2, -0.15) is 0 Å². The summed E-state index contributed by atoms with van der Waals surface area (Å²) in [5.41, 5.74) is 2.93. The number of rotatable bonds is 2. The fourth-order valence-corrected chi connectivity index (χ4v) is 4.16. The molecule has 0 amide bonds. The van der Waals surface area contributed by atoms with Gasteiger partial charge in [-0.05, 0) is 24.1 Å². The Balaban J connectivity index is 1.45. The SMILES string of the molecule is Brc1cccc2c1C[C@H]1CN(CN3CCOC3)CCN21. The molecule has 20 heavy (non-hydrogen) atoms. The van der Waals surface area contributed by atoms with Crippen molar-refractivity contribution < 1.29 is 4.74 Å². The average molecular weight is 338 g/mol. The zero-order valence-corrected chi connectivity index (χ0v) is 13.2. The maximum absolute atomic E-state index is 5.43. The van der Waals surface area contributed by atoms with E-state index in [1.165, 1.54) is 22.1 Å². The Morgan fingerprint density at radius 1 is 1.20 bits per heavy atom. The lowest BCUT2D eigenvalue weighted by molar-refractivity contribution is 0.0822. The Morgan fingerprint density at radius 3 is 3.00 bits per heavy atom. The van der Waals surface area contributed by atoms with Crippen LogP contribution < -0.4 is 4.90 Å². The predicted molar refractivity (Wildman–Crippen MR) is 82.9 cm³/mol. The summed E-state index contributed by atoms with van der Waals surface area (Å²) < 4.78 is 6.70. The van der Waals surface area contributed by atoms with Gasteiger partial charge in [0.2, 0.25) is 0 Å². The predicted octanol–water partition coefficient (Wildman–Crippen LogP) is 1.74. The van der Waals surface area contributed by atoms with Crippen molar-refractivity contribution in [1.82, 2.24) is 9.80 Å². The molecule has 0 saturated carbocycles. The number of halogens is 1. The van der Waals surface area contributed by atoms with Crippen LogP contribution in [0, 0.1) is 0 Å². The van der Waals surface area contributed by atoms with Crippen LogP contribution in [-0.4, -0.2) is 62.0 Å². The number of fused-ring (bicyclic) bond motifs is 3. The second-order valence-corrected chi connectivity index (χ2v) is 6.79. The largest absolute Gasteiger partial charge is 0.365 e. The summed E-state index contributed by atoms with van der Waals surface area (Å²) in [6.45, 7) is 7.29. The van der Waals surface area contributed by atoms with Gasteiger partial charge < -0.3 is 9.64 Å². The molecule has 3 heterocycles. The van der Waals surface area contributed by atoms with Crippen molar-refractivity contribution in [3.63, 3.8) is 0 Å². The standard InChI is InChI=1S/C15H20BrN3O/c16-14-2-1-3-15-13(14)8-12-9-17(4-5-19(12)15)10-18-6-7-20-11-18/h1-3,12H,4-11H2/t12-/m0/s1. The highest BCUT2D eigenvalue weighted by Crippen LogP contribution is 2.38. The molecule has 0 unspecified atom stereocenters. The third-order valence-electron chi connectivity index (χ3n) is 4.64. The highest BCUT2D eigenvalue weighted by atomic mass is 79.9. The zero-order chi connectivity index (χ0) is 13.5. The summed E-state index contributed by atoms with van der Waals surface area (Å²) in [5, 5.41) is 0. The second-order valence-electron chi connectivity index (χ2n) is 5.94. The van der Waals surface area contributed by atoms with Crippen LogP contribution in [0.5, 0.6) is 0 Å². The molecule has 3 aliphatic rings. The maximum atomic E-state index is 5.43. The van der Waals surface area contributed by atoms with Crippen LogP contribution in [0.3, 0.4) is 0 Å². The zero-order valence-electron chi connectivity index (χ0n) is 11.6. The molecule has 1 aromatic rings. The number of piperazine rings is 1. The number of anilines is 1. The first kappa shape index (κ1) is 13.1. The molecule has 5 heteroatoms. The Hall–Kier alpha value is -0.620. The van der Waals surface area contributed by atoms with Crippen LogP contribution in [0.4, 0.5) is 5.69 Å². The van der Waals surface area contributed by atoms with Gasteiger partial charge in [-0.1, -0.05) is 22.0 Å². The van der Waals surface area contributed by atoms with Crippen LogP contribution in [-0.2, 0) is 11.2 Å². The van der Waals surface area contributed by atoms with E-state index >= 15 is 0 Å². The summed E-state index contributed by atoms with van der Waals surface area (Å²) in [7, 11) is 0. The molecule has 4 rings (SSSR count). The number of benzene rings is 1. The first-order valence-corrected chi connectivity index (χ1v) is 8.17. The lowest BCUT2D eigenvalue weighted by Crippen LogP contribution is -2.54. The highest BCUT2D eigenvalue weighted by molar-refractivity contribution is 9.10. The molecule has 2 fully saturated rings. The molecule has 1 aromatic carbocycles. The van der Waals surface area contributed by atoms with Crippen molar-refractivity contribution in [3.8, 4) is 0 Å². The van der Waals surface area contributed by atoms with Crippen molar-refractivity contribution in [2.75, 3.05) is 51.1 Å². The molecule has 4 nitrogen and oxygen atoms in total. The van der Waals surface area contributed by atoms with E-state index in [0.717, 1.165) is 46.2 Å².